The Morgan fingerprint density at radius 1 is 1.45 bits per heavy atom. The van der Waals surface area contributed by atoms with Crippen LogP contribution in [0.2, 0.25) is 0 Å². The third-order valence-corrected chi connectivity index (χ3v) is 2.61. The summed E-state index contributed by atoms with van der Waals surface area (Å²) >= 11 is 0. The fourth-order valence-electron chi connectivity index (χ4n) is 1.74. The summed E-state index contributed by atoms with van der Waals surface area (Å²) in [6.45, 7) is 3.30. The molecule has 0 saturated carbocycles. The van der Waals surface area contributed by atoms with Gasteiger partial charge in [-0.2, -0.15) is 0 Å². The van der Waals surface area contributed by atoms with Crippen molar-refractivity contribution in [2.24, 2.45) is 5.73 Å². The second-order valence-electron chi connectivity index (χ2n) is 4.55. The molecular formula is C15H18N2O3. The zero-order chi connectivity index (χ0) is 15.1. The molecular weight excluding hydrogens is 256 g/mol. The smallest absolute Gasteiger partial charge is 0.252 e. The Balaban J connectivity index is 2.96. The Bertz CT molecular complexity index is 570. The number of amides is 2. The van der Waals surface area contributed by atoms with Gasteiger partial charge in [-0.05, 0) is 26.0 Å². The van der Waals surface area contributed by atoms with Gasteiger partial charge in [0.1, 0.15) is 6.61 Å². The highest BCUT2D eigenvalue weighted by Crippen LogP contribution is 2.11. The van der Waals surface area contributed by atoms with E-state index in [0.29, 0.717) is 11.1 Å². The van der Waals surface area contributed by atoms with Crippen molar-refractivity contribution in [3.05, 3.63) is 34.9 Å². The summed E-state index contributed by atoms with van der Waals surface area (Å²) in [5.41, 5.74) is 6.96. The summed E-state index contributed by atoms with van der Waals surface area (Å²) in [5.74, 6) is 4.46. The van der Waals surface area contributed by atoms with Crippen molar-refractivity contribution in [3.8, 4) is 11.8 Å². The molecule has 0 fully saturated rings. The molecule has 0 spiro atoms. The van der Waals surface area contributed by atoms with Gasteiger partial charge in [-0.25, -0.2) is 0 Å². The Morgan fingerprint density at radius 2 is 2.15 bits per heavy atom. The highest BCUT2D eigenvalue weighted by molar-refractivity contribution is 5.97. The number of aliphatic hydroxyl groups is 1. The van der Waals surface area contributed by atoms with Gasteiger partial charge < -0.3 is 16.2 Å². The Kier molecular flexibility index (Phi) is 5.75. The van der Waals surface area contributed by atoms with E-state index < -0.39 is 5.91 Å². The Morgan fingerprint density at radius 3 is 2.75 bits per heavy atom. The molecule has 0 aliphatic carbocycles. The van der Waals surface area contributed by atoms with E-state index >= 15 is 0 Å². The molecule has 0 heterocycles. The van der Waals surface area contributed by atoms with E-state index in [2.05, 4.69) is 17.2 Å². The largest absolute Gasteiger partial charge is 0.384 e. The maximum absolute atomic E-state index is 12.2. The third kappa shape index (κ3) is 4.75. The van der Waals surface area contributed by atoms with E-state index in [1.165, 1.54) is 0 Å². The number of hydrogen-bond acceptors (Lipinski definition) is 3. The molecule has 4 N–H and O–H groups in total. The number of nitrogens with two attached hydrogens (primary N) is 1. The predicted molar refractivity (Wildman–Crippen MR) is 75.9 cm³/mol. The normalized spacial score (nSPS) is 11.2. The van der Waals surface area contributed by atoms with E-state index in [1.807, 2.05) is 13.0 Å². The number of aliphatic hydroxyl groups excluding tert-OH is 1. The van der Waals surface area contributed by atoms with Crippen molar-refractivity contribution in [1.29, 1.82) is 0 Å². The summed E-state index contributed by atoms with van der Waals surface area (Å²) in [6, 6.07) is 4.93. The SMILES string of the molecule is Cc1ccc(C#CCO)c(C(=O)NC(C)CC(N)=O)c1. The molecule has 1 aromatic carbocycles. The van der Waals surface area contributed by atoms with E-state index in [-0.39, 0.29) is 25.0 Å². The van der Waals surface area contributed by atoms with Crippen molar-refractivity contribution < 1.29 is 14.7 Å². The maximum atomic E-state index is 12.2. The van der Waals surface area contributed by atoms with Gasteiger partial charge in [-0.1, -0.05) is 23.5 Å². The number of carbonyl (C=O) groups is 2. The van der Waals surface area contributed by atoms with E-state index in [4.69, 9.17) is 10.8 Å². The van der Waals surface area contributed by atoms with Crippen LogP contribution in [0.25, 0.3) is 0 Å². The van der Waals surface area contributed by atoms with Crippen molar-refractivity contribution >= 4 is 11.8 Å². The average molecular weight is 274 g/mol. The van der Waals surface area contributed by atoms with Crippen LogP contribution in [0, 0.1) is 18.8 Å². The van der Waals surface area contributed by atoms with Crippen LogP contribution in [0.5, 0.6) is 0 Å². The standard InChI is InChI=1S/C15H18N2O3/c1-10-5-6-12(4-3-7-18)13(8-10)15(20)17-11(2)9-14(16)19/h5-6,8,11,18H,7,9H2,1-2H3,(H2,16,19)(H,17,20). The van der Waals surface area contributed by atoms with Crippen LogP contribution in [0.15, 0.2) is 18.2 Å². The molecule has 5 heteroatoms. The van der Waals surface area contributed by atoms with Gasteiger partial charge in [0.25, 0.3) is 5.91 Å². The maximum Gasteiger partial charge on any atom is 0.252 e. The fourth-order valence-corrected chi connectivity index (χ4v) is 1.74. The lowest BCUT2D eigenvalue weighted by molar-refractivity contribution is -0.118. The summed E-state index contributed by atoms with van der Waals surface area (Å²) in [4.78, 5) is 23.0. The summed E-state index contributed by atoms with van der Waals surface area (Å²) < 4.78 is 0. The molecule has 2 amide bonds. The Labute approximate surface area is 118 Å². The molecule has 106 valence electrons. The number of carbonyl (C=O) groups excluding carboxylic acids is 2. The van der Waals surface area contributed by atoms with Crippen LogP contribution < -0.4 is 11.1 Å². The van der Waals surface area contributed by atoms with E-state index in [0.717, 1.165) is 5.56 Å². The monoisotopic (exact) mass is 274 g/mol. The minimum atomic E-state index is -0.470. The van der Waals surface area contributed by atoms with Crippen LogP contribution in [0.4, 0.5) is 0 Å². The van der Waals surface area contributed by atoms with E-state index in [9.17, 15) is 9.59 Å². The zero-order valence-corrected chi connectivity index (χ0v) is 11.6. The molecule has 1 atom stereocenters. The molecule has 0 radical (unpaired) electrons. The average Bonchev–Trinajstić information content (AvgIpc) is 2.36. The number of hydrogen-bond donors (Lipinski definition) is 3. The van der Waals surface area contributed by atoms with Crippen molar-refractivity contribution in [2.75, 3.05) is 6.61 Å². The van der Waals surface area contributed by atoms with Crippen LogP contribution in [0.1, 0.15) is 34.8 Å². The van der Waals surface area contributed by atoms with Crippen molar-refractivity contribution in [2.45, 2.75) is 26.3 Å². The topological polar surface area (TPSA) is 92.4 Å². The van der Waals surface area contributed by atoms with Crippen LogP contribution in [0.3, 0.4) is 0 Å². The van der Waals surface area contributed by atoms with E-state index in [1.54, 1.807) is 19.1 Å². The van der Waals surface area contributed by atoms with Gasteiger partial charge in [0.2, 0.25) is 5.91 Å². The van der Waals surface area contributed by atoms with Crippen molar-refractivity contribution in [3.63, 3.8) is 0 Å². The van der Waals surface area contributed by atoms with Gasteiger partial charge >= 0.3 is 0 Å². The molecule has 5 nitrogen and oxygen atoms in total. The van der Waals surface area contributed by atoms with Gasteiger partial charge in [-0.3, -0.25) is 9.59 Å². The molecule has 20 heavy (non-hydrogen) atoms. The number of aryl methyl sites for hydroxylation is 1. The molecule has 0 aliphatic rings. The van der Waals surface area contributed by atoms with Gasteiger partial charge in [0, 0.05) is 18.0 Å². The first kappa shape index (κ1) is 15.7. The lowest BCUT2D eigenvalue weighted by Crippen LogP contribution is -2.36. The highest BCUT2D eigenvalue weighted by Gasteiger charge is 2.14. The second kappa shape index (κ2) is 7.31. The zero-order valence-electron chi connectivity index (χ0n) is 11.6. The number of rotatable bonds is 4. The van der Waals surface area contributed by atoms with Crippen LogP contribution >= 0.6 is 0 Å². The molecule has 0 aromatic heterocycles. The quantitative estimate of drug-likeness (QED) is 0.691. The van der Waals surface area contributed by atoms with Crippen LogP contribution in [-0.2, 0) is 4.79 Å². The van der Waals surface area contributed by atoms with Crippen molar-refractivity contribution in [1.82, 2.24) is 5.32 Å². The first-order chi connectivity index (χ1) is 9.43. The lowest BCUT2D eigenvalue weighted by Gasteiger charge is -2.13. The minimum absolute atomic E-state index is 0.0786. The Hall–Kier alpha value is -2.32. The summed E-state index contributed by atoms with van der Waals surface area (Å²) in [7, 11) is 0. The molecule has 1 unspecified atom stereocenters. The molecule has 1 aromatic rings. The molecule has 0 aliphatic heterocycles. The summed E-state index contributed by atoms with van der Waals surface area (Å²) in [6.07, 6.45) is 0.0786. The molecule has 0 saturated heterocycles. The number of primary amides is 1. The second-order valence-corrected chi connectivity index (χ2v) is 4.55. The fraction of sp³-hybridized carbons (Fsp3) is 0.333. The highest BCUT2D eigenvalue weighted by atomic mass is 16.2. The first-order valence-corrected chi connectivity index (χ1v) is 6.23. The molecule has 0 bridgehead atoms. The minimum Gasteiger partial charge on any atom is -0.384 e. The van der Waals surface area contributed by atoms with Gasteiger partial charge in [0.05, 0.1) is 5.56 Å². The van der Waals surface area contributed by atoms with Crippen LogP contribution in [-0.4, -0.2) is 29.6 Å². The number of benzene rings is 1. The first-order valence-electron chi connectivity index (χ1n) is 6.23. The van der Waals surface area contributed by atoms with Gasteiger partial charge in [0.15, 0.2) is 0 Å². The summed E-state index contributed by atoms with van der Waals surface area (Å²) in [5, 5.41) is 11.4. The predicted octanol–water partition coefficient (Wildman–Crippen LogP) is 0.333. The van der Waals surface area contributed by atoms with Gasteiger partial charge in [-0.15, -0.1) is 0 Å². The number of nitrogens with one attached hydrogen (secondary N) is 1. The molecule has 1 rings (SSSR count). The third-order valence-electron chi connectivity index (χ3n) is 2.61. The lowest BCUT2D eigenvalue weighted by atomic mass is 10.0.